The first-order valence-electron chi connectivity index (χ1n) is 33.3. The zero-order chi connectivity index (χ0) is 79.3. The fourth-order valence-corrected chi connectivity index (χ4v) is 28.0. The highest BCUT2D eigenvalue weighted by atomic mass is 31.3. The van der Waals surface area contributed by atoms with Crippen molar-refractivity contribution in [2.45, 2.75) is 7.43 Å². The average molecular weight is 1630 g/mol. The Labute approximate surface area is 662 Å². The number of para-hydroxylation sites is 3. The fourth-order valence-electron chi connectivity index (χ4n) is 9.88. The number of hydrogen-bond acceptors (Lipinski definition) is 22. The summed E-state index contributed by atoms with van der Waals surface area (Å²) in [5.74, 6) is 2.84. The summed E-state index contributed by atoms with van der Waals surface area (Å²) in [7, 11) is -25.3. The van der Waals surface area contributed by atoms with Gasteiger partial charge in [0.1, 0.15) is 69.0 Å². The minimum atomic E-state index is -4.34. The summed E-state index contributed by atoms with van der Waals surface area (Å²) in [6.07, 6.45) is 0. The Balaban J connectivity index is 0.000000212. The summed E-state index contributed by atoms with van der Waals surface area (Å²) >= 11 is 0. The third-order valence-corrected chi connectivity index (χ3v) is 31.3. The van der Waals surface area contributed by atoms with Crippen molar-refractivity contribution in [1.29, 1.82) is 21.0 Å². The quantitative estimate of drug-likeness (QED) is 0.0401. The van der Waals surface area contributed by atoms with E-state index in [1.54, 1.807) is 146 Å². The van der Waals surface area contributed by atoms with Crippen LogP contribution < -0.4 is 54.3 Å². The lowest BCUT2D eigenvalue weighted by Crippen LogP contribution is -2.11. The highest BCUT2D eigenvalue weighted by Gasteiger charge is 2.51. The van der Waals surface area contributed by atoms with Crippen LogP contribution in [-0.4, -0.2) is 0 Å². The Morgan fingerprint density at radius 1 is 0.191 bits per heavy atom. The van der Waals surface area contributed by atoms with Gasteiger partial charge in [-0.05, 0) is 194 Å². The monoisotopic (exact) mass is 1630 g/mol. The van der Waals surface area contributed by atoms with Crippen LogP contribution in [0.5, 0.6) is 69.0 Å². The number of hydrogen-bond donors (Lipinski definition) is 0. The molecule has 12 aromatic carbocycles. The zero-order valence-electron chi connectivity index (χ0n) is 58.7. The molecule has 33 heteroatoms. The van der Waals surface area contributed by atoms with Crippen LogP contribution in [0.2, 0.25) is 0 Å². The van der Waals surface area contributed by atoms with Crippen LogP contribution >= 0.6 is 46.0 Å². The van der Waals surface area contributed by atoms with Gasteiger partial charge in [-0.2, -0.15) is 21.0 Å². The van der Waals surface area contributed by atoms with Crippen LogP contribution in [0.1, 0.15) is 29.7 Å². The maximum atomic E-state index is 9.56. The summed E-state index contributed by atoms with van der Waals surface area (Å²) in [5, 5.41) is 38.2. The lowest BCUT2D eigenvalue weighted by molar-refractivity contribution is 0.440. The molecule has 0 aromatic heterocycles. The normalized spacial score (nSPS) is 17.2. The molecule has 0 aliphatic carbocycles. The molecule has 0 radical (unpaired) electrons. The first kappa shape index (κ1) is 79.6. The van der Waals surface area contributed by atoms with Crippen molar-refractivity contribution in [3.05, 3.63) is 389 Å². The molecule has 0 fully saturated rings. The first-order valence-corrected chi connectivity index (χ1v) is 42.5. The maximum Gasteiger partial charge on any atom is 0.460 e. The molecule has 4 unspecified atom stereocenters. The predicted molar refractivity (Wildman–Crippen MR) is 438 cm³/mol. The van der Waals surface area contributed by atoms with E-state index in [-0.39, 0.29) is 59.2 Å². The van der Waals surface area contributed by atoms with Gasteiger partial charge in [0.25, 0.3) is 0 Å². The van der Waals surface area contributed by atoms with Gasteiger partial charge in [-0.15, -0.1) is 0 Å². The van der Waals surface area contributed by atoms with Crippen molar-refractivity contribution in [1.82, 2.24) is 0 Å². The van der Waals surface area contributed by atoms with E-state index in [0.717, 1.165) is 0 Å². The van der Waals surface area contributed by atoms with E-state index >= 15 is 0 Å². The second-order valence-electron chi connectivity index (χ2n) is 23.1. The largest absolute Gasteiger partial charge is 0.460 e. The van der Waals surface area contributed by atoms with E-state index in [0.29, 0.717) is 67.9 Å². The van der Waals surface area contributed by atoms with Crippen molar-refractivity contribution in [3.8, 4) is 93.3 Å². The second kappa shape index (κ2) is 36.2. The Bertz CT molecular complexity index is 5500. The molecule has 2 aliphatic rings. The van der Waals surface area contributed by atoms with E-state index < -0.39 is 46.0 Å². The Morgan fingerprint density at radius 2 is 0.313 bits per heavy atom. The molecule has 2 aliphatic heterocycles. The van der Waals surface area contributed by atoms with Crippen molar-refractivity contribution in [2.24, 2.45) is 27.1 Å². The van der Waals surface area contributed by atoms with Crippen LogP contribution in [0.4, 0.5) is 28.4 Å². The molecule has 0 saturated heterocycles. The van der Waals surface area contributed by atoms with Crippen LogP contribution in [0.3, 0.4) is 0 Å². The summed E-state index contributed by atoms with van der Waals surface area (Å²) in [4.78, 5) is 17.5. The molecule has 0 amide bonds. The van der Waals surface area contributed by atoms with Crippen LogP contribution in [0.25, 0.3) is 24.2 Å². The predicted octanol–water partition coefficient (Wildman–Crippen LogP) is 27.5. The minimum absolute atomic E-state index is 0. The Morgan fingerprint density at radius 3 is 0.435 bits per heavy atom. The number of rotatable bonds is 24. The highest BCUT2D eigenvalue weighted by Crippen LogP contribution is 2.80. The van der Waals surface area contributed by atoms with Crippen molar-refractivity contribution >= 4 is 74.4 Å². The number of benzene rings is 12. The van der Waals surface area contributed by atoms with Gasteiger partial charge in [0.05, 0.1) is 79.4 Å². The lowest BCUT2D eigenvalue weighted by Gasteiger charge is -2.33. The van der Waals surface area contributed by atoms with Crippen molar-refractivity contribution in [2.75, 3.05) is 0 Å². The first-order chi connectivity index (χ1) is 55.6. The van der Waals surface area contributed by atoms with E-state index in [9.17, 15) is 21.0 Å². The van der Waals surface area contributed by atoms with Gasteiger partial charge in [-0.25, -0.2) is 24.2 Å². The molecule has 0 saturated carbocycles. The fraction of sp³-hybridized carbons (Fsp3) is 0.0122. The zero-order valence-corrected chi connectivity index (χ0v) is 64.1. The smallest absolute Gasteiger partial charge is 0.413 e. The third kappa shape index (κ3) is 20.5. The molecule has 0 bridgehead atoms. The summed E-state index contributed by atoms with van der Waals surface area (Å²) < 4.78 is 111. The van der Waals surface area contributed by atoms with Crippen LogP contribution in [0.15, 0.2) is 336 Å². The molecule has 0 N–H and O–H groups in total. The second-order valence-corrected chi connectivity index (χ2v) is 35.5. The molecule has 4 atom stereocenters. The summed E-state index contributed by atoms with van der Waals surface area (Å²) in [6.45, 7) is 37.4. The molecular weight excluding hydrogens is 1570 g/mol. The molecule has 27 nitrogen and oxygen atoms in total. The molecule has 0 spiro atoms. The Kier molecular flexibility index (Phi) is 25.1. The van der Waals surface area contributed by atoms with Crippen molar-refractivity contribution in [3.63, 3.8) is 0 Å². The SMILES string of the molecule is C.[C-]#[N+]c1ccc(OP2(Oc3ccc(C#N)cc3)=NP(Oc3ccc(C#N)cc3)(Oc3ccc(C#N)cc3)=NP(Oc3ccc([N+]#[C-])cc3)(Oc3ccc([N+]#[C-])cc3)=N2)cc1.[C-]#[N+]c1ccc(OP2(Oc3ccccc3)=NP(Oc3ccccc3)(Oc3ccc(C#N)cc3)=NP(Oc3ccccc3)(Oc3ccc([N+]#[C-])cc3)=N2)cc1. The molecular formula is C82H55N15O12P6. The Hall–Kier alpha value is -15.0. The number of nitrogens with zero attached hydrogens (tertiary/aromatic N) is 15. The van der Waals surface area contributed by atoms with E-state index in [1.807, 2.05) is 18.2 Å². The van der Waals surface area contributed by atoms with Gasteiger partial charge in [0, 0.05) is 0 Å². The third-order valence-electron chi connectivity index (χ3n) is 15.0. The summed E-state index contributed by atoms with van der Waals surface area (Å²) in [6, 6.07) is 90.9. The maximum absolute atomic E-state index is 9.56. The molecule has 2 heterocycles. The van der Waals surface area contributed by atoms with Crippen molar-refractivity contribution < 1.29 is 54.3 Å². The van der Waals surface area contributed by atoms with Gasteiger partial charge < -0.3 is 54.3 Å². The van der Waals surface area contributed by atoms with Gasteiger partial charge in [0.2, 0.25) is 0 Å². The molecule has 12 aromatic rings. The number of nitriles is 4. The van der Waals surface area contributed by atoms with Gasteiger partial charge in [-0.3, -0.25) is 0 Å². The molecule has 560 valence electrons. The van der Waals surface area contributed by atoms with E-state index in [4.69, 9.17) is 114 Å². The lowest BCUT2D eigenvalue weighted by atomic mass is 10.2. The van der Waals surface area contributed by atoms with Gasteiger partial charge in [0.15, 0.2) is 28.4 Å². The van der Waals surface area contributed by atoms with E-state index in [2.05, 4.69) is 48.5 Å². The minimum Gasteiger partial charge on any atom is -0.413 e. The van der Waals surface area contributed by atoms with Gasteiger partial charge >= 0.3 is 46.0 Å². The topological polar surface area (TPSA) is 302 Å². The average Bonchev–Trinajstić information content (AvgIpc) is 0.731. The highest BCUT2D eigenvalue weighted by molar-refractivity contribution is 7.79. The standard InChI is InChI=1S/C42H24N9O6P3.C39H27N6O6P3.CH4/c1-46-34-10-22-40(23-11-34)55-59(54-39-20-8-33(30-45)9-21-39)49-58(52-37-16-4-31(28-43)5-17-37,53-38-18-6-32(29-44)7-19-38)50-60(51-59,56-41-24-12-35(47-2)13-25-41)57-42-26-14-36(48-3)15-27-42;1-41-32-20-26-38(27-21-32)50-53(47-35-14-8-4-9-15-35)43-52(46-34-12-6-3-7-13-34,49-37-24-18-31(30-40)19-25-37)44-54(45-53,48-36-16-10-5-11-17-36)51-39-28-22-33(42-2)23-29-39;/h4-27H;3-29H;1H4. The van der Waals surface area contributed by atoms with Crippen LogP contribution in [-0.2, 0) is 0 Å². The van der Waals surface area contributed by atoms with Gasteiger partial charge in [-0.1, -0.05) is 150 Å². The summed E-state index contributed by atoms with van der Waals surface area (Å²) in [5.41, 5.74) is 3.19. The molecule has 115 heavy (non-hydrogen) atoms. The van der Waals surface area contributed by atoms with E-state index in [1.165, 1.54) is 146 Å². The molecule has 14 rings (SSSR count). The van der Waals surface area contributed by atoms with Crippen LogP contribution in [0, 0.1) is 78.2 Å².